The largest absolute Gasteiger partial charge is 0.451 e. The second kappa shape index (κ2) is 9.27. The molecule has 1 amide bonds. The van der Waals surface area contributed by atoms with Crippen LogP contribution in [-0.2, 0) is 16.0 Å². The second-order valence-electron chi connectivity index (χ2n) is 5.85. The van der Waals surface area contributed by atoms with Crippen molar-refractivity contribution in [3.05, 3.63) is 65.0 Å². The van der Waals surface area contributed by atoms with Crippen LogP contribution in [0.1, 0.15) is 15.2 Å². The van der Waals surface area contributed by atoms with Crippen molar-refractivity contribution >= 4 is 33.3 Å². The predicted molar refractivity (Wildman–Crippen MR) is 102 cm³/mol. The lowest BCUT2D eigenvalue weighted by molar-refractivity contribution is -0.124. The number of benzene rings is 2. The predicted octanol–water partition coefficient (Wildman–Crippen LogP) is 4.02. The Labute approximate surface area is 163 Å². The molecule has 1 aromatic heterocycles. The average Bonchev–Trinajstić information content (AvgIpc) is 3.11. The van der Waals surface area contributed by atoms with Gasteiger partial charge >= 0.3 is 12.6 Å². The number of amides is 1. The molecular formula is C20H17F2NO4S. The lowest BCUT2D eigenvalue weighted by atomic mass is 10.1. The van der Waals surface area contributed by atoms with Crippen molar-refractivity contribution in [2.45, 2.75) is 13.0 Å². The van der Waals surface area contributed by atoms with Crippen LogP contribution in [0.25, 0.3) is 10.1 Å². The van der Waals surface area contributed by atoms with E-state index in [0.717, 1.165) is 15.6 Å². The van der Waals surface area contributed by atoms with Gasteiger partial charge in [-0.3, -0.25) is 4.79 Å². The summed E-state index contributed by atoms with van der Waals surface area (Å²) >= 11 is 1.31. The van der Waals surface area contributed by atoms with E-state index in [9.17, 15) is 18.4 Å². The van der Waals surface area contributed by atoms with E-state index in [-0.39, 0.29) is 12.4 Å². The Balaban J connectivity index is 1.40. The Bertz CT molecular complexity index is 923. The number of halogens is 2. The topological polar surface area (TPSA) is 64.6 Å². The summed E-state index contributed by atoms with van der Waals surface area (Å²) in [5.74, 6) is -0.867. The van der Waals surface area contributed by atoms with Gasteiger partial charge in [-0.2, -0.15) is 8.78 Å². The van der Waals surface area contributed by atoms with Gasteiger partial charge in [0.1, 0.15) is 10.6 Å². The molecule has 146 valence electrons. The van der Waals surface area contributed by atoms with Crippen molar-refractivity contribution in [3.8, 4) is 5.75 Å². The minimum absolute atomic E-state index is 0.0796. The summed E-state index contributed by atoms with van der Waals surface area (Å²) in [5, 5.41) is 3.60. The molecule has 0 bridgehead atoms. The maximum atomic E-state index is 12.1. The molecule has 0 saturated carbocycles. The maximum Gasteiger partial charge on any atom is 0.387 e. The molecule has 0 unspecified atom stereocenters. The van der Waals surface area contributed by atoms with Gasteiger partial charge in [0.05, 0.1) is 0 Å². The number of carbonyl (C=O) groups excluding carboxylic acids is 2. The minimum Gasteiger partial charge on any atom is -0.451 e. The van der Waals surface area contributed by atoms with Crippen LogP contribution in [0.15, 0.2) is 54.6 Å². The Kier molecular flexibility index (Phi) is 6.54. The number of esters is 1. The monoisotopic (exact) mass is 405 g/mol. The van der Waals surface area contributed by atoms with E-state index in [1.165, 1.54) is 23.5 Å². The van der Waals surface area contributed by atoms with Crippen LogP contribution in [0.5, 0.6) is 5.75 Å². The Morgan fingerprint density at radius 1 is 1.07 bits per heavy atom. The standard InChI is InChI=1S/C20H17F2NO4S/c21-20(22)27-15-7-5-13(6-8-15)9-10-23-18(24)12-26-19(25)17-11-14-3-1-2-4-16(14)28-17/h1-8,11,20H,9-10,12H2,(H,23,24). The first kappa shape index (κ1) is 19.8. The van der Waals surface area contributed by atoms with E-state index in [1.807, 2.05) is 24.3 Å². The Morgan fingerprint density at radius 2 is 1.82 bits per heavy atom. The van der Waals surface area contributed by atoms with Gasteiger partial charge in [0.2, 0.25) is 0 Å². The number of ether oxygens (including phenoxy) is 2. The third-order valence-electron chi connectivity index (χ3n) is 3.85. The van der Waals surface area contributed by atoms with Crippen molar-refractivity contribution < 1.29 is 27.8 Å². The molecule has 3 aromatic rings. The lowest BCUT2D eigenvalue weighted by Gasteiger charge is -2.07. The lowest BCUT2D eigenvalue weighted by Crippen LogP contribution is -2.30. The van der Waals surface area contributed by atoms with Gasteiger partial charge in [0, 0.05) is 11.2 Å². The zero-order chi connectivity index (χ0) is 19.9. The summed E-state index contributed by atoms with van der Waals surface area (Å²) in [6.45, 7) is -2.90. The molecule has 8 heteroatoms. The van der Waals surface area contributed by atoms with Crippen LogP contribution < -0.4 is 10.1 Å². The summed E-state index contributed by atoms with van der Waals surface area (Å²) < 4.78 is 34.5. The van der Waals surface area contributed by atoms with Gasteiger partial charge in [-0.15, -0.1) is 11.3 Å². The summed E-state index contributed by atoms with van der Waals surface area (Å²) in [7, 11) is 0. The third-order valence-corrected chi connectivity index (χ3v) is 4.94. The highest BCUT2D eigenvalue weighted by Gasteiger charge is 2.13. The van der Waals surface area contributed by atoms with E-state index >= 15 is 0 Å². The normalized spacial score (nSPS) is 10.8. The first-order valence-electron chi connectivity index (χ1n) is 8.47. The van der Waals surface area contributed by atoms with Crippen LogP contribution >= 0.6 is 11.3 Å². The van der Waals surface area contributed by atoms with Gasteiger partial charge in [-0.25, -0.2) is 4.79 Å². The fraction of sp³-hybridized carbons (Fsp3) is 0.200. The number of nitrogens with one attached hydrogen (secondary N) is 1. The van der Waals surface area contributed by atoms with E-state index in [0.29, 0.717) is 17.8 Å². The van der Waals surface area contributed by atoms with Crippen molar-refractivity contribution in [1.29, 1.82) is 0 Å². The number of fused-ring (bicyclic) bond motifs is 1. The molecule has 3 rings (SSSR count). The highest BCUT2D eigenvalue weighted by molar-refractivity contribution is 7.20. The number of alkyl halides is 2. The molecule has 0 aliphatic heterocycles. The van der Waals surface area contributed by atoms with Crippen molar-refractivity contribution in [2.24, 2.45) is 0 Å². The molecule has 0 spiro atoms. The molecular weight excluding hydrogens is 388 g/mol. The molecule has 1 N–H and O–H groups in total. The van der Waals surface area contributed by atoms with Crippen LogP contribution in [0.2, 0.25) is 0 Å². The molecule has 0 radical (unpaired) electrons. The van der Waals surface area contributed by atoms with Gasteiger partial charge in [-0.1, -0.05) is 30.3 Å². The van der Waals surface area contributed by atoms with E-state index < -0.39 is 18.5 Å². The molecule has 0 atom stereocenters. The molecule has 28 heavy (non-hydrogen) atoms. The highest BCUT2D eigenvalue weighted by atomic mass is 32.1. The Morgan fingerprint density at radius 3 is 2.54 bits per heavy atom. The molecule has 0 saturated heterocycles. The first-order valence-corrected chi connectivity index (χ1v) is 9.29. The number of rotatable bonds is 8. The number of thiophene rings is 1. The highest BCUT2D eigenvalue weighted by Crippen LogP contribution is 2.25. The second-order valence-corrected chi connectivity index (χ2v) is 6.93. The number of hydrogen-bond donors (Lipinski definition) is 1. The van der Waals surface area contributed by atoms with Gasteiger partial charge < -0.3 is 14.8 Å². The van der Waals surface area contributed by atoms with Crippen LogP contribution in [-0.4, -0.2) is 31.6 Å². The molecule has 1 heterocycles. The summed E-state index contributed by atoms with van der Waals surface area (Å²) in [6.07, 6.45) is 0.505. The molecule has 0 fully saturated rings. The van der Waals surface area contributed by atoms with Crippen LogP contribution in [0.3, 0.4) is 0 Å². The fourth-order valence-electron chi connectivity index (χ4n) is 2.52. The molecule has 2 aromatic carbocycles. The van der Waals surface area contributed by atoms with E-state index in [2.05, 4.69) is 10.1 Å². The van der Waals surface area contributed by atoms with E-state index in [1.54, 1.807) is 18.2 Å². The molecule has 0 aliphatic rings. The number of hydrogen-bond acceptors (Lipinski definition) is 5. The van der Waals surface area contributed by atoms with E-state index in [4.69, 9.17) is 4.74 Å². The molecule has 0 aliphatic carbocycles. The van der Waals surface area contributed by atoms with Gasteiger partial charge in [0.25, 0.3) is 5.91 Å². The average molecular weight is 405 g/mol. The number of carbonyl (C=O) groups is 2. The zero-order valence-corrected chi connectivity index (χ0v) is 15.5. The minimum atomic E-state index is -2.86. The molecule has 5 nitrogen and oxygen atoms in total. The van der Waals surface area contributed by atoms with Crippen molar-refractivity contribution in [2.75, 3.05) is 13.2 Å². The van der Waals surface area contributed by atoms with Crippen molar-refractivity contribution in [3.63, 3.8) is 0 Å². The zero-order valence-electron chi connectivity index (χ0n) is 14.7. The smallest absolute Gasteiger partial charge is 0.387 e. The SMILES string of the molecule is O=C(COC(=O)c1cc2ccccc2s1)NCCc1ccc(OC(F)F)cc1. The summed E-state index contributed by atoms with van der Waals surface area (Å²) in [6, 6.07) is 15.5. The van der Waals surface area contributed by atoms with Gasteiger partial charge in [-0.05, 0) is 41.6 Å². The van der Waals surface area contributed by atoms with Crippen molar-refractivity contribution in [1.82, 2.24) is 5.32 Å². The first-order chi connectivity index (χ1) is 13.5. The summed E-state index contributed by atoms with van der Waals surface area (Å²) in [4.78, 5) is 24.3. The fourth-order valence-corrected chi connectivity index (χ4v) is 3.48. The third kappa shape index (κ3) is 5.50. The quantitative estimate of drug-likeness (QED) is 0.575. The van der Waals surface area contributed by atoms with Crippen LogP contribution in [0.4, 0.5) is 8.78 Å². The Hall–Kier alpha value is -3.00. The van der Waals surface area contributed by atoms with Crippen LogP contribution in [0, 0.1) is 0 Å². The maximum absolute atomic E-state index is 12.1. The van der Waals surface area contributed by atoms with Gasteiger partial charge in [0.15, 0.2) is 6.61 Å². The summed E-state index contributed by atoms with van der Waals surface area (Å²) in [5.41, 5.74) is 0.851.